The Morgan fingerprint density at radius 3 is 2.61 bits per heavy atom. The zero-order chi connectivity index (χ0) is 22.1. The largest absolute Gasteiger partial charge is 0.492 e. The minimum Gasteiger partial charge on any atom is -0.492 e. The number of nitrogens with zero attached hydrogens (tertiary/aromatic N) is 2. The molecule has 0 saturated carbocycles. The highest BCUT2D eigenvalue weighted by atomic mass is 16.5. The number of nitrogens with one attached hydrogen (secondary N) is 1. The summed E-state index contributed by atoms with van der Waals surface area (Å²) in [6.07, 6.45) is 2.86. The predicted molar refractivity (Wildman–Crippen MR) is 122 cm³/mol. The van der Waals surface area contributed by atoms with Crippen LogP contribution >= 0.6 is 0 Å². The van der Waals surface area contributed by atoms with Crippen molar-refractivity contribution in [2.75, 3.05) is 31.6 Å². The van der Waals surface area contributed by atoms with Crippen molar-refractivity contribution in [1.29, 1.82) is 0 Å². The zero-order valence-electron chi connectivity index (χ0n) is 18.1. The number of para-hydroxylation sites is 1. The van der Waals surface area contributed by atoms with Crippen LogP contribution in [0.5, 0.6) is 5.75 Å². The zero-order valence-corrected chi connectivity index (χ0v) is 18.1. The Morgan fingerprint density at radius 2 is 1.84 bits per heavy atom. The second kappa shape index (κ2) is 11.3. The lowest BCUT2D eigenvalue weighted by Gasteiger charge is -2.29. The van der Waals surface area contributed by atoms with Crippen molar-refractivity contribution in [1.82, 2.24) is 9.88 Å². The third-order valence-electron chi connectivity index (χ3n) is 5.51. The number of carbonyl (C=O) groups excluding carboxylic acids is 2. The molecule has 6 nitrogen and oxygen atoms in total. The Balaban J connectivity index is 0.000000858. The van der Waals surface area contributed by atoms with E-state index in [1.54, 1.807) is 0 Å². The number of ether oxygens (including phenoxy) is 1. The van der Waals surface area contributed by atoms with Gasteiger partial charge in [-0.2, -0.15) is 9.59 Å². The Hall–Kier alpha value is -3.21. The second-order valence-corrected chi connectivity index (χ2v) is 7.94. The minimum absolute atomic E-state index is 0.250. The number of likely N-dealkylation sites (tertiary alicyclic amines) is 1. The van der Waals surface area contributed by atoms with Crippen LogP contribution in [-0.2, 0) is 9.59 Å². The van der Waals surface area contributed by atoms with Gasteiger partial charge in [-0.3, -0.25) is 9.88 Å². The van der Waals surface area contributed by atoms with Crippen LogP contribution in [0.4, 0.5) is 11.4 Å². The fourth-order valence-corrected chi connectivity index (χ4v) is 3.81. The molecule has 3 aromatic rings. The first-order chi connectivity index (χ1) is 15.1. The highest BCUT2D eigenvalue weighted by Gasteiger charge is 2.15. The van der Waals surface area contributed by atoms with E-state index in [1.807, 2.05) is 37.3 Å². The maximum absolute atomic E-state index is 8.12. The Bertz CT molecular complexity index is 1020. The highest BCUT2D eigenvalue weighted by molar-refractivity contribution is 5.93. The molecule has 0 spiro atoms. The van der Waals surface area contributed by atoms with E-state index in [1.165, 1.54) is 25.9 Å². The van der Waals surface area contributed by atoms with Crippen LogP contribution in [0, 0.1) is 12.8 Å². The van der Waals surface area contributed by atoms with Crippen molar-refractivity contribution < 1.29 is 14.3 Å². The van der Waals surface area contributed by atoms with E-state index >= 15 is 0 Å². The molecular weight excluding hydrogens is 390 g/mol. The fourth-order valence-electron chi connectivity index (χ4n) is 3.81. The maximum Gasteiger partial charge on any atom is 0.373 e. The quantitative estimate of drug-likeness (QED) is 0.618. The normalized spacial score (nSPS) is 14.4. The summed E-state index contributed by atoms with van der Waals surface area (Å²) in [5.41, 5.74) is 4.11. The summed E-state index contributed by atoms with van der Waals surface area (Å²) < 4.78 is 6.03. The van der Waals surface area contributed by atoms with Gasteiger partial charge in [0.1, 0.15) is 12.4 Å². The third kappa shape index (κ3) is 6.64. The van der Waals surface area contributed by atoms with Crippen LogP contribution in [-0.4, -0.2) is 42.3 Å². The summed E-state index contributed by atoms with van der Waals surface area (Å²) in [6.45, 7) is 8.49. The van der Waals surface area contributed by atoms with E-state index in [2.05, 4.69) is 46.4 Å². The molecule has 0 unspecified atom stereocenters. The monoisotopic (exact) mass is 419 g/mol. The molecule has 31 heavy (non-hydrogen) atoms. The lowest BCUT2D eigenvalue weighted by atomic mass is 9.99. The third-order valence-corrected chi connectivity index (χ3v) is 5.51. The van der Waals surface area contributed by atoms with Gasteiger partial charge >= 0.3 is 6.15 Å². The van der Waals surface area contributed by atoms with Crippen molar-refractivity contribution >= 4 is 28.4 Å². The molecule has 2 aromatic carbocycles. The summed E-state index contributed by atoms with van der Waals surface area (Å²) in [5, 5.41) is 4.67. The van der Waals surface area contributed by atoms with E-state index in [0.29, 0.717) is 0 Å². The van der Waals surface area contributed by atoms with Gasteiger partial charge in [-0.1, -0.05) is 31.2 Å². The van der Waals surface area contributed by atoms with E-state index in [9.17, 15) is 0 Å². The Morgan fingerprint density at radius 1 is 1.10 bits per heavy atom. The number of hydrogen-bond acceptors (Lipinski definition) is 6. The molecule has 0 radical (unpaired) electrons. The lowest BCUT2D eigenvalue weighted by Crippen LogP contribution is -2.35. The summed E-state index contributed by atoms with van der Waals surface area (Å²) in [5.74, 6) is 1.78. The first-order valence-corrected chi connectivity index (χ1v) is 10.7. The number of fused-ring (bicyclic) bond motifs is 1. The molecular formula is C25H29N3O3. The van der Waals surface area contributed by atoms with E-state index < -0.39 is 0 Å². The summed E-state index contributed by atoms with van der Waals surface area (Å²) in [4.78, 5) is 23.4. The van der Waals surface area contributed by atoms with E-state index in [4.69, 9.17) is 14.3 Å². The van der Waals surface area contributed by atoms with Crippen LogP contribution in [0.15, 0.2) is 54.6 Å². The van der Waals surface area contributed by atoms with Crippen molar-refractivity contribution in [3.05, 3.63) is 60.3 Å². The van der Waals surface area contributed by atoms with Gasteiger partial charge in [0.2, 0.25) is 0 Å². The van der Waals surface area contributed by atoms with Gasteiger partial charge in [0.25, 0.3) is 0 Å². The summed E-state index contributed by atoms with van der Waals surface area (Å²) >= 11 is 0. The average molecular weight is 420 g/mol. The second-order valence-electron chi connectivity index (χ2n) is 7.94. The van der Waals surface area contributed by atoms with Crippen molar-refractivity contribution in [2.24, 2.45) is 5.92 Å². The molecule has 1 aliphatic rings. The number of piperidine rings is 1. The number of pyridine rings is 1. The number of hydrogen-bond donors (Lipinski definition) is 1. The van der Waals surface area contributed by atoms with Gasteiger partial charge in [-0.25, -0.2) is 0 Å². The predicted octanol–water partition coefficient (Wildman–Crippen LogP) is 4.81. The van der Waals surface area contributed by atoms with Crippen LogP contribution in [0.25, 0.3) is 10.9 Å². The molecule has 0 bridgehead atoms. The smallest absolute Gasteiger partial charge is 0.373 e. The molecule has 2 heterocycles. The molecule has 1 N–H and O–H groups in total. The number of anilines is 2. The highest BCUT2D eigenvalue weighted by Crippen LogP contribution is 2.28. The molecule has 0 atom stereocenters. The molecule has 1 saturated heterocycles. The van der Waals surface area contributed by atoms with Gasteiger partial charge < -0.3 is 10.1 Å². The number of benzene rings is 2. The van der Waals surface area contributed by atoms with E-state index in [-0.39, 0.29) is 6.15 Å². The number of rotatable bonds is 6. The Labute approximate surface area is 183 Å². The maximum atomic E-state index is 8.12. The lowest BCUT2D eigenvalue weighted by molar-refractivity contribution is -0.191. The molecule has 0 aliphatic carbocycles. The minimum atomic E-state index is 0.250. The van der Waals surface area contributed by atoms with Gasteiger partial charge in [0.15, 0.2) is 0 Å². The molecule has 1 aromatic heterocycles. The van der Waals surface area contributed by atoms with Gasteiger partial charge in [0.05, 0.1) is 5.52 Å². The van der Waals surface area contributed by atoms with E-state index in [0.717, 1.165) is 52.8 Å². The first-order valence-electron chi connectivity index (χ1n) is 10.7. The molecule has 0 amide bonds. The van der Waals surface area contributed by atoms with Crippen LogP contribution in [0.1, 0.15) is 25.5 Å². The van der Waals surface area contributed by atoms with Gasteiger partial charge in [-0.05, 0) is 63.0 Å². The SMILES string of the molecule is Cc1cc(Nc2cccc(OCCN3CCC(C)CC3)c2)c2ccccc2n1.O=C=O. The molecule has 6 heteroatoms. The first kappa shape index (κ1) is 22.5. The molecule has 1 fully saturated rings. The van der Waals surface area contributed by atoms with Crippen LogP contribution in [0.3, 0.4) is 0 Å². The summed E-state index contributed by atoms with van der Waals surface area (Å²) in [7, 11) is 0. The standard InChI is InChI=1S/C24H29N3O.CO2/c1-18-10-12-27(13-11-18)14-15-28-21-7-5-6-20(17-21)26-24-16-19(2)25-23-9-4-3-8-22(23)24;2-1-3/h3-9,16-18H,10-15H2,1-2H3,(H,25,26);. The number of aryl methyl sites for hydroxylation is 1. The van der Waals surface area contributed by atoms with Gasteiger partial charge in [-0.15, -0.1) is 0 Å². The molecule has 4 rings (SSSR count). The van der Waals surface area contributed by atoms with Crippen LogP contribution < -0.4 is 10.1 Å². The fraction of sp³-hybridized carbons (Fsp3) is 0.360. The van der Waals surface area contributed by atoms with Crippen molar-refractivity contribution in [3.63, 3.8) is 0 Å². The van der Waals surface area contributed by atoms with Crippen LogP contribution in [0.2, 0.25) is 0 Å². The summed E-state index contributed by atoms with van der Waals surface area (Å²) in [6, 6.07) is 18.5. The molecule has 1 aliphatic heterocycles. The number of aromatic nitrogens is 1. The van der Waals surface area contributed by atoms with Crippen molar-refractivity contribution in [3.8, 4) is 5.75 Å². The van der Waals surface area contributed by atoms with Crippen molar-refractivity contribution in [2.45, 2.75) is 26.7 Å². The van der Waals surface area contributed by atoms with Gasteiger partial charge in [0, 0.05) is 35.1 Å². The Kier molecular flexibility index (Phi) is 8.16. The molecule has 162 valence electrons. The average Bonchev–Trinajstić information content (AvgIpc) is 2.76. The topological polar surface area (TPSA) is 71.5 Å².